The fourth-order valence-corrected chi connectivity index (χ4v) is 3.02. The summed E-state index contributed by atoms with van der Waals surface area (Å²) in [5.41, 5.74) is 0.191. The van der Waals surface area contributed by atoms with Gasteiger partial charge < -0.3 is 0 Å². The van der Waals surface area contributed by atoms with Gasteiger partial charge in [-0.25, -0.2) is 9.37 Å². The molecule has 100 valence electrons. The lowest BCUT2D eigenvalue weighted by Gasteiger charge is -2.10. The molecule has 3 nitrogen and oxygen atoms in total. The Morgan fingerprint density at radius 1 is 1.42 bits per heavy atom. The van der Waals surface area contributed by atoms with Crippen molar-refractivity contribution in [3.63, 3.8) is 0 Å². The Morgan fingerprint density at radius 3 is 3.00 bits per heavy atom. The van der Waals surface area contributed by atoms with Crippen molar-refractivity contribution < 1.29 is 4.39 Å². The van der Waals surface area contributed by atoms with Crippen LogP contribution in [0.4, 0.5) is 4.39 Å². The number of halogens is 2. The maximum Gasteiger partial charge on any atom is 0.264 e. The lowest BCUT2D eigenvalue weighted by Crippen LogP contribution is -2.25. The van der Waals surface area contributed by atoms with Gasteiger partial charge in [-0.2, -0.15) is 0 Å². The van der Waals surface area contributed by atoms with Crippen molar-refractivity contribution in [2.45, 2.75) is 32.7 Å². The van der Waals surface area contributed by atoms with E-state index in [1.807, 2.05) is 0 Å². The second-order valence-corrected chi connectivity index (χ2v) is 6.11. The molecule has 0 N–H and O–H groups in total. The minimum absolute atomic E-state index is 0.0986. The molecule has 0 spiro atoms. The summed E-state index contributed by atoms with van der Waals surface area (Å²) < 4.78 is 16.2. The third-order valence-electron chi connectivity index (χ3n) is 3.76. The van der Waals surface area contributed by atoms with Crippen molar-refractivity contribution in [2.75, 3.05) is 0 Å². The monoisotopic (exact) mass is 324 g/mol. The van der Waals surface area contributed by atoms with E-state index >= 15 is 0 Å². The molecule has 0 aliphatic carbocycles. The highest BCUT2D eigenvalue weighted by atomic mass is 79.9. The SMILES string of the molecule is CC1CCc2nc3cc(Br)cc(F)c3c(=O)n2CC1. The largest absolute Gasteiger partial charge is 0.296 e. The molecule has 2 aromatic rings. The summed E-state index contributed by atoms with van der Waals surface area (Å²) in [7, 11) is 0. The van der Waals surface area contributed by atoms with Crippen molar-refractivity contribution in [3.05, 3.63) is 38.6 Å². The van der Waals surface area contributed by atoms with Gasteiger partial charge in [-0.05, 0) is 30.9 Å². The number of aromatic nitrogens is 2. The van der Waals surface area contributed by atoms with Gasteiger partial charge in [-0.3, -0.25) is 9.36 Å². The Hall–Kier alpha value is -1.23. The number of nitrogens with zero attached hydrogens (tertiary/aromatic N) is 2. The first-order chi connectivity index (χ1) is 9.06. The maximum atomic E-state index is 14.0. The number of hydrogen-bond donors (Lipinski definition) is 0. The lowest BCUT2D eigenvalue weighted by atomic mass is 10.0. The number of rotatable bonds is 0. The molecule has 0 saturated heterocycles. The van der Waals surface area contributed by atoms with Gasteiger partial charge in [0.25, 0.3) is 5.56 Å². The van der Waals surface area contributed by atoms with Gasteiger partial charge in [-0.1, -0.05) is 22.9 Å². The highest BCUT2D eigenvalue weighted by Gasteiger charge is 2.18. The molecule has 0 bridgehead atoms. The third kappa shape index (κ3) is 2.20. The molecule has 1 aliphatic heterocycles. The van der Waals surface area contributed by atoms with Crippen LogP contribution in [0.5, 0.6) is 0 Å². The lowest BCUT2D eigenvalue weighted by molar-refractivity contribution is 0.483. The maximum absolute atomic E-state index is 14.0. The summed E-state index contributed by atoms with van der Waals surface area (Å²) in [5, 5.41) is 0.0986. The van der Waals surface area contributed by atoms with E-state index in [1.54, 1.807) is 10.6 Å². The first-order valence-electron chi connectivity index (χ1n) is 6.44. The highest BCUT2D eigenvalue weighted by Crippen LogP contribution is 2.22. The second-order valence-electron chi connectivity index (χ2n) is 5.20. The number of aryl methyl sites for hydroxylation is 1. The molecule has 0 amide bonds. The van der Waals surface area contributed by atoms with E-state index in [0.29, 0.717) is 22.5 Å². The normalized spacial score (nSPS) is 19.2. The molecule has 5 heteroatoms. The van der Waals surface area contributed by atoms with E-state index in [1.165, 1.54) is 6.07 Å². The van der Waals surface area contributed by atoms with Crippen molar-refractivity contribution in [1.29, 1.82) is 0 Å². The quantitative estimate of drug-likeness (QED) is 0.745. The predicted octanol–water partition coefficient (Wildman–Crippen LogP) is 3.27. The average Bonchev–Trinajstić information content (AvgIpc) is 2.51. The number of hydrogen-bond acceptors (Lipinski definition) is 2. The van der Waals surface area contributed by atoms with Crippen LogP contribution in [0.2, 0.25) is 0 Å². The topological polar surface area (TPSA) is 34.9 Å². The molecule has 0 fully saturated rings. The minimum atomic E-state index is -0.505. The first-order valence-corrected chi connectivity index (χ1v) is 7.24. The Morgan fingerprint density at radius 2 is 2.21 bits per heavy atom. The van der Waals surface area contributed by atoms with Crippen LogP contribution in [0.25, 0.3) is 10.9 Å². The zero-order chi connectivity index (χ0) is 13.6. The summed E-state index contributed by atoms with van der Waals surface area (Å²) in [5.74, 6) is 0.842. The fourth-order valence-electron chi connectivity index (χ4n) is 2.60. The molecular formula is C14H14BrFN2O. The van der Waals surface area contributed by atoms with Gasteiger partial charge in [0.15, 0.2) is 0 Å². The number of fused-ring (bicyclic) bond motifs is 2. The smallest absolute Gasteiger partial charge is 0.264 e. The molecule has 1 aliphatic rings. The Balaban J connectivity index is 2.31. The molecule has 2 heterocycles. The van der Waals surface area contributed by atoms with Crippen LogP contribution >= 0.6 is 15.9 Å². The number of benzene rings is 1. The van der Waals surface area contributed by atoms with E-state index in [4.69, 9.17) is 0 Å². The molecule has 3 rings (SSSR count). The van der Waals surface area contributed by atoms with Crippen LogP contribution in [-0.2, 0) is 13.0 Å². The minimum Gasteiger partial charge on any atom is -0.296 e. The molecule has 0 saturated carbocycles. The standard InChI is InChI=1S/C14H14BrFN2O/c1-8-2-3-12-17-11-7-9(15)6-10(16)13(11)14(19)18(12)5-4-8/h6-8H,2-5H2,1H3. The van der Waals surface area contributed by atoms with E-state index in [2.05, 4.69) is 27.8 Å². The van der Waals surface area contributed by atoms with Crippen LogP contribution in [0, 0.1) is 11.7 Å². The molecule has 0 radical (unpaired) electrons. The molecule has 19 heavy (non-hydrogen) atoms. The molecular weight excluding hydrogens is 311 g/mol. The molecule has 1 aromatic heterocycles. The van der Waals surface area contributed by atoms with E-state index < -0.39 is 5.82 Å². The van der Waals surface area contributed by atoms with Crippen LogP contribution in [0.3, 0.4) is 0 Å². The van der Waals surface area contributed by atoms with Gasteiger partial charge in [0.2, 0.25) is 0 Å². The summed E-state index contributed by atoms with van der Waals surface area (Å²) in [6.45, 7) is 2.81. The van der Waals surface area contributed by atoms with Crippen LogP contribution in [-0.4, -0.2) is 9.55 Å². The Labute approximate surface area is 118 Å². The van der Waals surface area contributed by atoms with E-state index in [0.717, 1.165) is 25.1 Å². The van der Waals surface area contributed by atoms with Gasteiger partial charge in [0, 0.05) is 17.4 Å². The van der Waals surface area contributed by atoms with Crippen LogP contribution in [0.15, 0.2) is 21.4 Å². The van der Waals surface area contributed by atoms with Crippen molar-refractivity contribution in [2.24, 2.45) is 5.92 Å². The van der Waals surface area contributed by atoms with E-state index in [-0.39, 0.29) is 10.9 Å². The van der Waals surface area contributed by atoms with Gasteiger partial charge in [-0.15, -0.1) is 0 Å². The predicted molar refractivity (Wildman–Crippen MR) is 75.8 cm³/mol. The zero-order valence-electron chi connectivity index (χ0n) is 10.6. The van der Waals surface area contributed by atoms with Crippen molar-refractivity contribution >= 4 is 26.8 Å². The van der Waals surface area contributed by atoms with Crippen molar-refractivity contribution in [1.82, 2.24) is 9.55 Å². The highest BCUT2D eigenvalue weighted by molar-refractivity contribution is 9.10. The third-order valence-corrected chi connectivity index (χ3v) is 4.22. The van der Waals surface area contributed by atoms with Gasteiger partial charge >= 0.3 is 0 Å². The summed E-state index contributed by atoms with van der Waals surface area (Å²) in [6.07, 6.45) is 2.74. The van der Waals surface area contributed by atoms with Crippen LogP contribution < -0.4 is 5.56 Å². The Bertz CT molecular complexity index is 711. The second kappa shape index (κ2) is 4.71. The van der Waals surface area contributed by atoms with Crippen molar-refractivity contribution in [3.8, 4) is 0 Å². The Kier molecular flexibility index (Phi) is 3.17. The van der Waals surface area contributed by atoms with Crippen LogP contribution in [0.1, 0.15) is 25.6 Å². The fraction of sp³-hybridized carbons (Fsp3) is 0.429. The average molecular weight is 325 g/mol. The van der Waals surface area contributed by atoms with Gasteiger partial charge in [0.05, 0.1) is 5.52 Å². The first kappa shape index (κ1) is 12.8. The molecule has 1 atom stereocenters. The van der Waals surface area contributed by atoms with Gasteiger partial charge in [0.1, 0.15) is 17.0 Å². The summed E-state index contributed by atoms with van der Waals surface area (Å²) in [6, 6.07) is 3.02. The summed E-state index contributed by atoms with van der Waals surface area (Å²) in [4.78, 5) is 16.9. The zero-order valence-corrected chi connectivity index (χ0v) is 12.2. The summed E-state index contributed by atoms with van der Waals surface area (Å²) >= 11 is 3.24. The van der Waals surface area contributed by atoms with E-state index in [9.17, 15) is 9.18 Å². The molecule has 1 aromatic carbocycles. The molecule has 1 unspecified atom stereocenters.